The van der Waals surface area contributed by atoms with E-state index in [4.69, 9.17) is 4.74 Å². The lowest BCUT2D eigenvalue weighted by Gasteiger charge is -2.27. The molecule has 1 saturated heterocycles. The summed E-state index contributed by atoms with van der Waals surface area (Å²) in [5.74, 6) is -0.511. The number of aromatic nitrogens is 2. The number of rotatable bonds is 8. The zero-order valence-corrected chi connectivity index (χ0v) is 23.9. The minimum absolute atomic E-state index is 0.0154. The summed E-state index contributed by atoms with van der Waals surface area (Å²) >= 11 is 0. The molecule has 0 atom stereocenters. The van der Waals surface area contributed by atoms with Gasteiger partial charge < -0.3 is 4.74 Å². The highest BCUT2D eigenvalue weighted by Gasteiger charge is 2.42. The van der Waals surface area contributed by atoms with E-state index in [1.165, 1.54) is 23.2 Å². The molecule has 2 heterocycles. The highest BCUT2D eigenvalue weighted by atomic mass is 16.5. The normalized spacial score (nSPS) is 13.4. The first-order valence-electron chi connectivity index (χ1n) is 14.0. The van der Waals surface area contributed by atoms with Gasteiger partial charge in [0.15, 0.2) is 0 Å². The van der Waals surface area contributed by atoms with E-state index < -0.39 is 11.8 Å². The van der Waals surface area contributed by atoms with E-state index >= 15 is 0 Å². The van der Waals surface area contributed by atoms with Gasteiger partial charge in [0, 0.05) is 0 Å². The summed E-state index contributed by atoms with van der Waals surface area (Å²) in [7, 11) is 1.52. The molecule has 0 unspecified atom stereocenters. The lowest BCUT2D eigenvalue weighted by molar-refractivity contribution is -0.116. The van der Waals surface area contributed by atoms with Crippen LogP contribution in [0.3, 0.4) is 0 Å². The number of ether oxygens (including phenoxy) is 1. The van der Waals surface area contributed by atoms with E-state index in [1.807, 2.05) is 97.1 Å². The van der Waals surface area contributed by atoms with Crippen LogP contribution in [0.15, 0.2) is 156 Å². The maximum atomic E-state index is 13.7. The predicted octanol–water partition coefficient (Wildman–Crippen LogP) is 6.13. The number of hydrazine groups is 1. The van der Waals surface area contributed by atoms with Crippen LogP contribution in [0.1, 0.15) is 5.56 Å². The van der Waals surface area contributed by atoms with Crippen molar-refractivity contribution in [3.63, 3.8) is 0 Å². The number of methoxy groups -OCH3 is 1. The van der Waals surface area contributed by atoms with Gasteiger partial charge in [0.2, 0.25) is 5.88 Å². The molecule has 1 fully saturated rings. The lowest BCUT2D eigenvalue weighted by atomic mass is 10.2. The van der Waals surface area contributed by atoms with E-state index in [-0.39, 0.29) is 11.1 Å². The molecule has 1 aliphatic heterocycles. The Morgan fingerprint density at radius 3 is 1.41 bits per heavy atom. The Morgan fingerprint density at radius 1 is 0.523 bits per heavy atom. The largest absolute Gasteiger partial charge is 0.480 e. The van der Waals surface area contributed by atoms with E-state index in [1.54, 1.807) is 57.9 Å². The Bertz CT molecular complexity index is 1880. The summed E-state index contributed by atoms with van der Waals surface area (Å²) in [6, 6.07) is 36.9. The summed E-state index contributed by atoms with van der Waals surface area (Å²) < 4.78 is 9.04. The monoisotopic (exact) mass is 580 g/mol. The fraction of sp³-hybridized carbons (Fsp3) is 0.0278. The van der Waals surface area contributed by atoms with Crippen molar-refractivity contribution in [3.8, 4) is 17.3 Å². The van der Waals surface area contributed by atoms with Crippen molar-refractivity contribution in [2.24, 2.45) is 0 Å². The van der Waals surface area contributed by atoms with Crippen molar-refractivity contribution in [3.05, 3.63) is 167 Å². The van der Waals surface area contributed by atoms with Crippen LogP contribution in [0.2, 0.25) is 0 Å². The number of anilines is 2. The Hall–Kier alpha value is -6.15. The third-order valence-corrected chi connectivity index (χ3v) is 7.04. The van der Waals surface area contributed by atoms with E-state index in [0.717, 1.165) is 5.69 Å². The van der Waals surface area contributed by atoms with Crippen LogP contribution in [0.25, 0.3) is 17.5 Å². The fourth-order valence-electron chi connectivity index (χ4n) is 5.06. The molecule has 216 valence electrons. The predicted molar refractivity (Wildman–Crippen MR) is 172 cm³/mol. The second-order valence-electron chi connectivity index (χ2n) is 9.75. The number of hydrogen-bond donors (Lipinski definition) is 0. The Labute approximate surface area is 254 Å². The lowest BCUT2D eigenvalue weighted by Crippen LogP contribution is -2.41. The zero-order chi connectivity index (χ0) is 30.5. The average Bonchev–Trinajstić information content (AvgIpc) is 3.50. The summed E-state index contributed by atoms with van der Waals surface area (Å²) in [6.07, 6.45) is 8.09. The van der Waals surface area contributed by atoms with Crippen LogP contribution in [0.4, 0.5) is 11.4 Å². The maximum Gasteiger partial charge on any atom is 0.283 e. The van der Waals surface area contributed by atoms with Gasteiger partial charge in [-0.1, -0.05) is 91.0 Å². The smallest absolute Gasteiger partial charge is 0.283 e. The number of para-hydroxylation sites is 4. The van der Waals surface area contributed by atoms with Crippen LogP contribution < -0.4 is 20.3 Å². The van der Waals surface area contributed by atoms with Gasteiger partial charge in [-0.05, 0) is 60.7 Å². The van der Waals surface area contributed by atoms with Gasteiger partial charge in [-0.2, -0.15) is 0 Å². The summed E-state index contributed by atoms with van der Waals surface area (Å²) in [5.41, 5.74) is 2.69. The van der Waals surface area contributed by atoms with Gasteiger partial charge in [-0.25, -0.2) is 19.4 Å². The van der Waals surface area contributed by atoms with Gasteiger partial charge in [0.05, 0.1) is 29.9 Å². The van der Waals surface area contributed by atoms with Crippen molar-refractivity contribution < 1.29 is 14.3 Å². The minimum atomic E-state index is -0.439. The van der Waals surface area contributed by atoms with Crippen LogP contribution in [-0.4, -0.2) is 28.3 Å². The van der Waals surface area contributed by atoms with E-state index in [2.05, 4.69) is 0 Å². The maximum absolute atomic E-state index is 13.7. The molecule has 0 N–H and O–H groups in total. The summed E-state index contributed by atoms with van der Waals surface area (Å²) in [5, 5.41) is 2.74. The first-order valence-corrected chi connectivity index (χ1v) is 14.0. The molecule has 8 heteroatoms. The third kappa shape index (κ3) is 5.16. The van der Waals surface area contributed by atoms with Crippen LogP contribution in [0, 0.1) is 0 Å². The van der Waals surface area contributed by atoms with Gasteiger partial charge in [-0.3, -0.25) is 14.4 Å². The molecule has 0 radical (unpaired) electrons. The van der Waals surface area contributed by atoms with Crippen molar-refractivity contribution in [2.45, 2.75) is 0 Å². The summed E-state index contributed by atoms with van der Waals surface area (Å²) in [6.45, 7) is 0. The van der Waals surface area contributed by atoms with Gasteiger partial charge in [0.1, 0.15) is 11.1 Å². The molecule has 5 aromatic rings. The first-order chi connectivity index (χ1) is 21.6. The molecule has 6 rings (SSSR count). The minimum Gasteiger partial charge on any atom is -0.480 e. The molecular formula is C36H28N4O4. The molecule has 1 aliphatic rings. The number of carbonyl (C=O) groups excluding carboxylic acids is 2. The zero-order valence-electron chi connectivity index (χ0n) is 23.9. The second-order valence-corrected chi connectivity index (χ2v) is 9.75. The first kappa shape index (κ1) is 28.0. The van der Waals surface area contributed by atoms with Gasteiger partial charge in [-0.15, -0.1) is 0 Å². The Kier molecular flexibility index (Phi) is 7.88. The van der Waals surface area contributed by atoms with Crippen LogP contribution in [0.5, 0.6) is 5.88 Å². The highest BCUT2D eigenvalue weighted by Crippen LogP contribution is 2.31. The number of allylic oxidation sites excluding steroid dienone is 4. The Balaban J connectivity index is 1.34. The molecule has 1 aromatic heterocycles. The second kappa shape index (κ2) is 12.4. The molecule has 0 spiro atoms. The standard InChI is InChI=1S/C36H28N4O4/c1-44-36-32(35(43)39(29-21-11-4-12-22-29)40(36)30-23-13-5-14-24-30)26-16-6-15-25-31-33(41)37(27-17-7-2-8-18-27)38(34(31)42)28-19-9-3-10-20-28/h2-26H,1H3. The van der Waals surface area contributed by atoms with Crippen molar-refractivity contribution in [1.29, 1.82) is 0 Å². The number of hydrogen-bond acceptors (Lipinski definition) is 4. The summed E-state index contributed by atoms with van der Waals surface area (Å²) in [4.78, 5) is 40.7. The number of benzene rings is 4. The van der Waals surface area contributed by atoms with Crippen molar-refractivity contribution in [1.82, 2.24) is 9.36 Å². The molecule has 8 nitrogen and oxygen atoms in total. The molecular weight excluding hydrogens is 552 g/mol. The molecule has 44 heavy (non-hydrogen) atoms. The Morgan fingerprint density at radius 2 is 0.955 bits per heavy atom. The number of amides is 2. The van der Waals surface area contributed by atoms with Crippen LogP contribution >= 0.6 is 0 Å². The molecule has 0 saturated carbocycles. The highest BCUT2D eigenvalue weighted by molar-refractivity contribution is 6.36. The molecule has 0 aliphatic carbocycles. The van der Waals surface area contributed by atoms with E-state index in [0.29, 0.717) is 28.5 Å². The number of nitrogens with zero attached hydrogens (tertiary/aromatic N) is 4. The SMILES string of the molecule is COc1c(C=CC=CC=C2C(=O)N(c3ccccc3)N(c3ccccc3)C2=O)c(=O)n(-c2ccccc2)n1-c1ccccc1. The third-order valence-electron chi connectivity index (χ3n) is 7.04. The fourth-order valence-corrected chi connectivity index (χ4v) is 5.06. The quantitative estimate of drug-likeness (QED) is 0.126. The van der Waals surface area contributed by atoms with Crippen molar-refractivity contribution in [2.75, 3.05) is 17.1 Å². The molecule has 2 amide bonds. The molecule has 4 aromatic carbocycles. The van der Waals surface area contributed by atoms with Gasteiger partial charge >= 0.3 is 0 Å². The van der Waals surface area contributed by atoms with Gasteiger partial charge in [0.25, 0.3) is 17.4 Å². The topological polar surface area (TPSA) is 76.8 Å². The van der Waals surface area contributed by atoms with Crippen molar-refractivity contribution >= 4 is 29.3 Å². The molecule has 0 bridgehead atoms. The van der Waals surface area contributed by atoms with Crippen LogP contribution in [-0.2, 0) is 9.59 Å². The number of carbonyl (C=O) groups is 2. The van der Waals surface area contributed by atoms with E-state index in [9.17, 15) is 14.4 Å². The average molecular weight is 581 g/mol.